The highest BCUT2D eigenvalue weighted by atomic mass is 16.5. The van der Waals surface area contributed by atoms with Gasteiger partial charge in [-0.15, -0.1) is 0 Å². The quantitative estimate of drug-likeness (QED) is 0.846. The molecule has 1 amide bonds. The molecule has 0 aliphatic heterocycles. The standard InChI is InChI=1S/C13H19NO2/c1-5-14-13(15)11(4)16-12-8-6-7-9(2)10(12)3/h6-8,11H,5H2,1-4H3,(H,14,15)/t11-/m0/s1. The number of rotatable bonds is 4. The average Bonchev–Trinajstić information content (AvgIpc) is 2.25. The van der Waals surface area contributed by atoms with Crippen molar-refractivity contribution in [2.24, 2.45) is 0 Å². The van der Waals surface area contributed by atoms with Gasteiger partial charge in [-0.2, -0.15) is 0 Å². The Hall–Kier alpha value is -1.51. The maximum absolute atomic E-state index is 11.5. The van der Waals surface area contributed by atoms with E-state index in [2.05, 4.69) is 5.32 Å². The molecule has 1 rings (SSSR count). The fourth-order valence-electron chi connectivity index (χ4n) is 1.41. The fraction of sp³-hybridized carbons (Fsp3) is 0.462. The topological polar surface area (TPSA) is 38.3 Å². The molecule has 0 aromatic heterocycles. The van der Waals surface area contributed by atoms with Crippen LogP contribution in [0.3, 0.4) is 0 Å². The first kappa shape index (κ1) is 12.6. The van der Waals surface area contributed by atoms with Gasteiger partial charge in [0.25, 0.3) is 5.91 Å². The molecule has 1 aromatic rings. The minimum Gasteiger partial charge on any atom is -0.481 e. The molecule has 0 aliphatic carbocycles. The number of carbonyl (C=O) groups is 1. The highest BCUT2D eigenvalue weighted by molar-refractivity contribution is 5.80. The van der Waals surface area contributed by atoms with E-state index in [1.165, 1.54) is 5.56 Å². The van der Waals surface area contributed by atoms with E-state index in [1.807, 2.05) is 39.0 Å². The number of nitrogens with one attached hydrogen (secondary N) is 1. The molecule has 0 aliphatic rings. The highest BCUT2D eigenvalue weighted by Gasteiger charge is 2.14. The van der Waals surface area contributed by atoms with Crippen molar-refractivity contribution in [1.82, 2.24) is 5.32 Å². The van der Waals surface area contributed by atoms with Crippen LogP contribution in [-0.4, -0.2) is 18.6 Å². The molecule has 0 spiro atoms. The lowest BCUT2D eigenvalue weighted by molar-refractivity contribution is -0.127. The molecule has 0 fully saturated rings. The van der Waals surface area contributed by atoms with Crippen molar-refractivity contribution in [2.45, 2.75) is 33.8 Å². The zero-order chi connectivity index (χ0) is 12.1. The van der Waals surface area contributed by atoms with Crippen molar-refractivity contribution in [2.75, 3.05) is 6.54 Å². The van der Waals surface area contributed by atoms with Crippen LogP contribution in [0.15, 0.2) is 18.2 Å². The molecule has 1 aromatic carbocycles. The number of carbonyl (C=O) groups excluding carboxylic acids is 1. The molecule has 1 atom stereocenters. The van der Waals surface area contributed by atoms with Gasteiger partial charge in [0.2, 0.25) is 0 Å². The summed E-state index contributed by atoms with van der Waals surface area (Å²) in [4.78, 5) is 11.5. The third kappa shape index (κ3) is 2.99. The Balaban J connectivity index is 2.73. The molecule has 0 heterocycles. The molecular weight excluding hydrogens is 202 g/mol. The molecule has 3 nitrogen and oxygen atoms in total. The second kappa shape index (κ2) is 5.54. The van der Waals surface area contributed by atoms with Crippen molar-refractivity contribution < 1.29 is 9.53 Å². The van der Waals surface area contributed by atoms with Crippen LogP contribution in [0.2, 0.25) is 0 Å². The maximum Gasteiger partial charge on any atom is 0.260 e. The van der Waals surface area contributed by atoms with Crippen LogP contribution in [0.1, 0.15) is 25.0 Å². The summed E-state index contributed by atoms with van der Waals surface area (Å²) in [5.74, 6) is 0.696. The van der Waals surface area contributed by atoms with Gasteiger partial charge >= 0.3 is 0 Å². The summed E-state index contributed by atoms with van der Waals surface area (Å²) >= 11 is 0. The molecule has 0 unspecified atom stereocenters. The summed E-state index contributed by atoms with van der Waals surface area (Å²) < 4.78 is 5.63. The van der Waals surface area contributed by atoms with E-state index in [1.54, 1.807) is 6.92 Å². The normalized spacial score (nSPS) is 12.0. The number of ether oxygens (including phenoxy) is 1. The Morgan fingerprint density at radius 1 is 1.44 bits per heavy atom. The van der Waals surface area contributed by atoms with E-state index >= 15 is 0 Å². The molecule has 3 heteroatoms. The van der Waals surface area contributed by atoms with Gasteiger partial charge in [-0.05, 0) is 44.9 Å². The second-order valence-corrected chi connectivity index (χ2v) is 3.85. The van der Waals surface area contributed by atoms with Gasteiger partial charge in [0.15, 0.2) is 6.10 Å². The monoisotopic (exact) mass is 221 g/mol. The van der Waals surface area contributed by atoms with Gasteiger partial charge in [0.1, 0.15) is 5.75 Å². The Labute approximate surface area is 96.8 Å². The van der Waals surface area contributed by atoms with Gasteiger partial charge in [0.05, 0.1) is 0 Å². The molecule has 0 saturated carbocycles. The first-order valence-electron chi connectivity index (χ1n) is 5.56. The zero-order valence-electron chi connectivity index (χ0n) is 10.3. The van der Waals surface area contributed by atoms with Crippen molar-refractivity contribution in [3.8, 4) is 5.75 Å². The first-order valence-corrected chi connectivity index (χ1v) is 5.56. The zero-order valence-corrected chi connectivity index (χ0v) is 10.3. The summed E-state index contributed by atoms with van der Waals surface area (Å²) in [6.45, 7) is 8.29. The lowest BCUT2D eigenvalue weighted by Crippen LogP contribution is -2.36. The van der Waals surface area contributed by atoms with Crippen molar-refractivity contribution in [3.63, 3.8) is 0 Å². The number of hydrogen-bond donors (Lipinski definition) is 1. The van der Waals surface area contributed by atoms with Crippen LogP contribution in [0.5, 0.6) is 5.75 Å². The van der Waals surface area contributed by atoms with Gasteiger partial charge in [-0.25, -0.2) is 0 Å². The number of benzene rings is 1. The third-order valence-corrected chi connectivity index (χ3v) is 2.58. The van der Waals surface area contributed by atoms with Crippen molar-refractivity contribution >= 4 is 5.91 Å². The summed E-state index contributed by atoms with van der Waals surface area (Å²) in [5.41, 5.74) is 2.25. The number of aryl methyl sites for hydroxylation is 1. The number of likely N-dealkylation sites (N-methyl/N-ethyl adjacent to an activating group) is 1. The van der Waals surface area contributed by atoms with Gasteiger partial charge < -0.3 is 10.1 Å². The molecule has 16 heavy (non-hydrogen) atoms. The molecule has 1 N–H and O–H groups in total. The molecule has 0 saturated heterocycles. The molecular formula is C13H19NO2. The Morgan fingerprint density at radius 3 is 2.75 bits per heavy atom. The van der Waals surface area contributed by atoms with E-state index in [0.29, 0.717) is 6.54 Å². The van der Waals surface area contributed by atoms with E-state index in [9.17, 15) is 4.79 Å². The van der Waals surface area contributed by atoms with Crippen LogP contribution in [0, 0.1) is 13.8 Å². The summed E-state index contributed by atoms with van der Waals surface area (Å²) in [7, 11) is 0. The lowest BCUT2D eigenvalue weighted by atomic mass is 10.1. The Kier molecular flexibility index (Phi) is 4.35. The van der Waals surface area contributed by atoms with Crippen LogP contribution in [0.25, 0.3) is 0 Å². The van der Waals surface area contributed by atoms with Crippen LogP contribution in [-0.2, 0) is 4.79 Å². The molecule has 88 valence electrons. The Bertz CT molecular complexity index is 374. The van der Waals surface area contributed by atoms with E-state index in [-0.39, 0.29) is 5.91 Å². The van der Waals surface area contributed by atoms with Gasteiger partial charge in [0, 0.05) is 6.54 Å². The lowest BCUT2D eigenvalue weighted by Gasteiger charge is -2.16. The number of amides is 1. The molecule has 0 bridgehead atoms. The summed E-state index contributed by atoms with van der Waals surface area (Å²) in [6.07, 6.45) is -0.458. The number of hydrogen-bond acceptors (Lipinski definition) is 2. The van der Waals surface area contributed by atoms with Gasteiger partial charge in [-0.1, -0.05) is 12.1 Å². The van der Waals surface area contributed by atoms with Crippen LogP contribution < -0.4 is 10.1 Å². The van der Waals surface area contributed by atoms with E-state index in [0.717, 1.165) is 11.3 Å². The van der Waals surface area contributed by atoms with Gasteiger partial charge in [-0.3, -0.25) is 4.79 Å². The van der Waals surface area contributed by atoms with Crippen molar-refractivity contribution in [3.05, 3.63) is 29.3 Å². The van der Waals surface area contributed by atoms with Crippen LogP contribution >= 0.6 is 0 Å². The Morgan fingerprint density at radius 2 is 2.12 bits per heavy atom. The summed E-state index contributed by atoms with van der Waals surface area (Å²) in [5, 5.41) is 2.74. The predicted molar refractivity (Wildman–Crippen MR) is 64.7 cm³/mol. The smallest absolute Gasteiger partial charge is 0.260 e. The minimum absolute atomic E-state index is 0.0802. The predicted octanol–water partition coefficient (Wildman–Crippen LogP) is 2.21. The third-order valence-electron chi connectivity index (χ3n) is 2.58. The first-order chi connectivity index (χ1) is 7.56. The molecule has 0 radical (unpaired) electrons. The van der Waals surface area contributed by atoms with Crippen molar-refractivity contribution in [1.29, 1.82) is 0 Å². The van der Waals surface area contributed by atoms with E-state index in [4.69, 9.17) is 4.74 Å². The second-order valence-electron chi connectivity index (χ2n) is 3.85. The SMILES string of the molecule is CCNC(=O)[C@H](C)Oc1cccc(C)c1C. The highest BCUT2D eigenvalue weighted by Crippen LogP contribution is 2.21. The maximum atomic E-state index is 11.5. The summed E-state index contributed by atoms with van der Waals surface area (Å²) in [6, 6.07) is 5.85. The fourth-order valence-corrected chi connectivity index (χ4v) is 1.41. The average molecular weight is 221 g/mol. The minimum atomic E-state index is -0.458. The van der Waals surface area contributed by atoms with Crippen LogP contribution in [0.4, 0.5) is 0 Å². The van der Waals surface area contributed by atoms with E-state index < -0.39 is 6.10 Å². The largest absolute Gasteiger partial charge is 0.481 e.